The van der Waals surface area contributed by atoms with E-state index in [-0.39, 0.29) is 16.2 Å². The maximum atomic E-state index is 14.1. The van der Waals surface area contributed by atoms with Crippen LogP contribution in [0.4, 0.5) is 4.39 Å². The lowest BCUT2D eigenvalue weighted by Gasteiger charge is -2.29. The van der Waals surface area contributed by atoms with E-state index in [0.29, 0.717) is 11.1 Å². The first-order valence-electron chi connectivity index (χ1n) is 7.68. The number of hydrogen-bond acceptors (Lipinski definition) is 5. The van der Waals surface area contributed by atoms with E-state index in [2.05, 4.69) is 0 Å². The Labute approximate surface area is 149 Å². The number of fused-ring (bicyclic) bond motifs is 1. The summed E-state index contributed by atoms with van der Waals surface area (Å²) in [5.74, 6) is -1.45. The monoisotopic (exact) mass is 371 g/mol. The minimum Gasteiger partial charge on any atom is -0.508 e. The van der Waals surface area contributed by atoms with Crippen LogP contribution < -0.4 is 0 Å². The molecule has 0 saturated heterocycles. The Hall–Kier alpha value is -2.90. The summed E-state index contributed by atoms with van der Waals surface area (Å²) >= 11 is 0. The lowest BCUT2D eigenvalue weighted by molar-refractivity contribution is 0.179. The third-order valence-corrected chi connectivity index (χ3v) is 5.76. The van der Waals surface area contributed by atoms with Crippen LogP contribution in [0.5, 0.6) is 11.5 Å². The van der Waals surface area contributed by atoms with Gasteiger partial charge in [0.15, 0.2) is 17.2 Å². The van der Waals surface area contributed by atoms with Gasteiger partial charge in [-0.15, -0.1) is 0 Å². The van der Waals surface area contributed by atoms with Crippen LogP contribution in [-0.4, -0.2) is 18.6 Å². The molecule has 0 fully saturated rings. The van der Waals surface area contributed by atoms with Gasteiger partial charge < -0.3 is 10.2 Å². The molecular formula is C19H13FO5S. The van der Waals surface area contributed by atoms with Gasteiger partial charge in [-0.05, 0) is 41.5 Å². The van der Waals surface area contributed by atoms with Crippen molar-refractivity contribution in [3.63, 3.8) is 0 Å². The molecule has 1 unspecified atom stereocenters. The fraction of sp³-hybridized carbons (Fsp3) is 0.0526. The van der Waals surface area contributed by atoms with Crippen molar-refractivity contribution in [2.24, 2.45) is 0 Å². The Morgan fingerprint density at radius 1 is 0.885 bits per heavy atom. The van der Waals surface area contributed by atoms with Gasteiger partial charge in [0, 0.05) is 5.56 Å². The van der Waals surface area contributed by atoms with Gasteiger partial charge in [-0.25, -0.2) is 8.57 Å². The largest absolute Gasteiger partial charge is 0.508 e. The van der Waals surface area contributed by atoms with Crippen molar-refractivity contribution in [3.8, 4) is 11.5 Å². The zero-order valence-corrected chi connectivity index (χ0v) is 14.1. The molecule has 0 amide bonds. The summed E-state index contributed by atoms with van der Waals surface area (Å²) in [6.07, 6.45) is 0. The number of benzene rings is 3. The third-order valence-electron chi connectivity index (χ3n) is 4.40. The summed E-state index contributed by atoms with van der Waals surface area (Å²) < 4.78 is 44.9. The molecule has 3 aromatic carbocycles. The fourth-order valence-corrected chi connectivity index (χ4v) is 4.65. The highest BCUT2D eigenvalue weighted by Gasteiger charge is 2.51. The van der Waals surface area contributed by atoms with Gasteiger partial charge in [0.1, 0.15) is 10.6 Å². The summed E-state index contributed by atoms with van der Waals surface area (Å²) in [5, 5.41) is 19.1. The van der Waals surface area contributed by atoms with Gasteiger partial charge >= 0.3 is 0 Å². The van der Waals surface area contributed by atoms with E-state index in [4.69, 9.17) is 4.18 Å². The number of aromatic hydroxyl groups is 2. The van der Waals surface area contributed by atoms with E-state index < -0.39 is 27.3 Å². The zero-order valence-electron chi connectivity index (χ0n) is 13.3. The fourth-order valence-electron chi connectivity index (χ4n) is 3.23. The van der Waals surface area contributed by atoms with E-state index in [9.17, 15) is 23.0 Å². The van der Waals surface area contributed by atoms with Crippen molar-refractivity contribution in [1.29, 1.82) is 0 Å². The van der Waals surface area contributed by atoms with E-state index in [1.165, 1.54) is 36.4 Å². The first-order valence-corrected chi connectivity index (χ1v) is 9.09. The average molecular weight is 371 g/mol. The smallest absolute Gasteiger partial charge is 0.298 e. The molecule has 0 bridgehead atoms. The number of phenolic OH excluding ortho intramolecular Hbond substituents is 2. The molecule has 5 nitrogen and oxygen atoms in total. The zero-order chi connectivity index (χ0) is 18.5. The van der Waals surface area contributed by atoms with Crippen LogP contribution in [-0.2, 0) is 19.9 Å². The molecule has 1 aliphatic rings. The van der Waals surface area contributed by atoms with E-state index in [0.717, 1.165) is 12.1 Å². The molecule has 1 atom stereocenters. The molecular weight excluding hydrogens is 358 g/mol. The molecule has 4 rings (SSSR count). The highest BCUT2D eigenvalue weighted by molar-refractivity contribution is 7.87. The molecule has 0 saturated carbocycles. The van der Waals surface area contributed by atoms with Crippen LogP contribution >= 0.6 is 0 Å². The van der Waals surface area contributed by atoms with Gasteiger partial charge in [0.2, 0.25) is 0 Å². The average Bonchev–Trinajstić information content (AvgIpc) is 2.87. The summed E-state index contributed by atoms with van der Waals surface area (Å²) in [4.78, 5) is -0.0124. The van der Waals surface area contributed by atoms with E-state index in [1.807, 2.05) is 0 Å². The SMILES string of the molecule is O=S1(=O)OC(c2ccc(O)cc2)(c2ccc(O)c([18F])c2)c2ccccc21. The van der Waals surface area contributed by atoms with Crippen molar-refractivity contribution >= 4 is 10.1 Å². The molecule has 26 heavy (non-hydrogen) atoms. The second kappa shape index (κ2) is 5.55. The maximum absolute atomic E-state index is 14.1. The predicted octanol–water partition coefficient (Wildman–Crippen LogP) is 3.25. The van der Waals surface area contributed by atoms with Crippen molar-refractivity contribution in [2.75, 3.05) is 0 Å². The van der Waals surface area contributed by atoms with Crippen LogP contribution in [0.2, 0.25) is 0 Å². The van der Waals surface area contributed by atoms with Crippen LogP contribution in [0.15, 0.2) is 71.6 Å². The number of hydrogen-bond donors (Lipinski definition) is 2. The molecule has 0 spiro atoms. The molecule has 0 aliphatic carbocycles. The van der Waals surface area contributed by atoms with Crippen LogP contribution in [0.25, 0.3) is 0 Å². The van der Waals surface area contributed by atoms with E-state index in [1.54, 1.807) is 18.2 Å². The summed E-state index contributed by atoms with van der Waals surface area (Å²) in [6.45, 7) is 0. The molecule has 2 N–H and O–H groups in total. The number of rotatable bonds is 2. The molecule has 132 valence electrons. The minimum atomic E-state index is -4.09. The summed E-state index contributed by atoms with van der Waals surface area (Å²) in [7, 11) is -4.09. The first kappa shape index (κ1) is 16.6. The first-order chi connectivity index (χ1) is 12.3. The lowest BCUT2D eigenvalue weighted by Crippen LogP contribution is -2.29. The maximum Gasteiger partial charge on any atom is 0.298 e. The number of halogens is 1. The van der Waals surface area contributed by atoms with Gasteiger partial charge in [0.25, 0.3) is 10.1 Å². The van der Waals surface area contributed by atoms with Crippen LogP contribution in [0.3, 0.4) is 0 Å². The quantitative estimate of drug-likeness (QED) is 0.676. The Kier molecular flexibility index (Phi) is 3.54. The molecule has 1 heterocycles. The van der Waals surface area contributed by atoms with Gasteiger partial charge in [0.05, 0.1) is 0 Å². The number of phenols is 2. The highest BCUT2D eigenvalue weighted by atomic mass is 32.2. The van der Waals surface area contributed by atoms with Crippen LogP contribution in [0, 0.1) is 5.82 Å². The Morgan fingerprint density at radius 2 is 1.54 bits per heavy atom. The van der Waals surface area contributed by atoms with Gasteiger partial charge in [-0.1, -0.05) is 36.4 Å². The Balaban J connectivity index is 2.10. The Bertz CT molecular complexity index is 1110. The third kappa shape index (κ3) is 2.28. The second-order valence-electron chi connectivity index (χ2n) is 5.93. The highest BCUT2D eigenvalue weighted by Crippen LogP contribution is 2.50. The standard InChI is InChI=1S/C19H13FO5S/c20-16-11-13(7-10-17(16)22)19(12-5-8-14(21)9-6-12)15-3-1-2-4-18(15)26(23,24)25-19/h1-11,21-22H/i20-1. The van der Waals surface area contributed by atoms with Gasteiger partial charge in [-0.3, -0.25) is 0 Å². The van der Waals surface area contributed by atoms with Crippen molar-refractivity contribution < 1.29 is 27.2 Å². The van der Waals surface area contributed by atoms with Crippen molar-refractivity contribution in [2.45, 2.75) is 10.5 Å². The molecule has 1 aliphatic heterocycles. The normalized spacial score (nSPS) is 20.7. The van der Waals surface area contributed by atoms with Crippen LogP contribution in [0.1, 0.15) is 16.7 Å². The summed E-state index contributed by atoms with van der Waals surface area (Å²) in [5.41, 5.74) is -0.700. The Morgan fingerprint density at radius 3 is 2.23 bits per heavy atom. The molecule has 7 heteroatoms. The van der Waals surface area contributed by atoms with E-state index >= 15 is 0 Å². The molecule has 3 aromatic rings. The van der Waals surface area contributed by atoms with Crippen molar-refractivity contribution in [1.82, 2.24) is 0 Å². The van der Waals surface area contributed by atoms with Gasteiger partial charge in [-0.2, -0.15) is 8.42 Å². The topological polar surface area (TPSA) is 83.8 Å². The lowest BCUT2D eigenvalue weighted by atomic mass is 9.80. The van der Waals surface area contributed by atoms with Crippen molar-refractivity contribution in [3.05, 3.63) is 89.2 Å². The molecule has 0 radical (unpaired) electrons. The minimum absolute atomic E-state index is 0.00470. The molecule has 0 aromatic heterocycles. The summed E-state index contributed by atoms with van der Waals surface area (Å²) in [6, 6.07) is 15.7. The second-order valence-corrected chi connectivity index (χ2v) is 7.44. The predicted molar refractivity (Wildman–Crippen MR) is 90.8 cm³/mol.